The van der Waals surface area contributed by atoms with Crippen molar-refractivity contribution in [3.63, 3.8) is 0 Å². The first-order valence-corrected chi connectivity index (χ1v) is 5.63. The average molecular weight is 194 g/mol. The molecule has 3 fully saturated rings. The van der Waals surface area contributed by atoms with Crippen LogP contribution in [0.15, 0.2) is 0 Å². The van der Waals surface area contributed by atoms with Crippen molar-refractivity contribution in [1.82, 2.24) is 0 Å². The second kappa shape index (κ2) is 2.02. The highest BCUT2D eigenvalue weighted by molar-refractivity contribution is 5.75. The van der Waals surface area contributed by atoms with Crippen molar-refractivity contribution < 1.29 is 9.53 Å². The number of ether oxygens (including phenoxy) is 1. The summed E-state index contributed by atoms with van der Waals surface area (Å²) in [6, 6.07) is 0. The monoisotopic (exact) mass is 194 g/mol. The first-order chi connectivity index (χ1) is 6.41. The van der Waals surface area contributed by atoms with E-state index in [0.29, 0.717) is 11.8 Å². The van der Waals surface area contributed by atoms with Crippen molar-refractivity contribution in [2.75, 3.05) is 0 Å². The molecule has 2 aliphatic carbocycles. The molecule has 2 nitrogen and oxygen atoms in total. The molecule has 0 aromatic heterocycles. The van der Waals surface area contributed by atoms with Crippen molar-refractivity contribution in [2.45, 2.75) is 52.1 Å². The maximum absolute atomic E-state index is 11.5. The third-order valence-electron chi connectivity index (χ3n) is 5.61. The maximum atomic E-state index is 11.5. The molecule has 1 heterocycles. The zero-order chi connectivity index (χ0) is 10.2. The van der Waals surface area contributed by atoms with E-state index in [-0.39, 0.29) is 17.0 Å². The Hall–Kier alpha value is -0.530. The molecule has 2 saturated carbocycles. The SMILES string of the molecule is CC1(C)[C@H]2CC[C@@]13CC(=O)O[C@@]3(C)C2. The lowest BCUT2D eigenvalue weighted by Gasteiger charge is -2.41. The van der Waals surface area contributed by atoms with E-state index in [1.54, 1.807) is 0 Å². The van der Waals surface area contributed by atoms with Crippen LogP contribution in [0.2, 0.25) is 0 Å². The summed E-state index contributed by atoms with van der Waals surface area (Å²) < 4.78 is 5.59. The second-order valence-corrected chi connectivity index (χ2v) is 6.13. The Kier molecular flexibility index (Phi) is 1.27. The lowest BCUT2D eigenvalue weighted by molar-refractivity contribution is -0.150. The molecule has 0 aromatic rings. The van der Waals surface area contributed by atoms with E-state index >= 15 is 0 Å². The average Bonchev–Trinajstić information content (AvgIpc) is 2.50. The van der Waals surface area contributed by atoms with Gasteiger partial charge in [0.1, 0.15) is 5.60 Å². The fourth-order valence-corrected chi connectivity index (χ4v) is 4.64. The van der Waals surface area contributed by atoms with Gasteiger partial charge in [-0.05, 0) is 37.5 Å². The number of carbonyl (C=O) groups is 1. The van der Waals surface area contributed by atoms with E-state index in [4.69, 9.17) is 4.74 Å². The predicted molar refractivity (Wildman–Crippen MR) is 52.7 cm³/mol. The van der Waals surface area contributed by atoms with Crippen LogP contribution in [0.25, 0.3) is 0 Å². The topological polar surface area (TPSA) is 26.3 Å². The zero-order valence-corrected chi connectivity index (χ0v) is 9.22. The molecule has 78 valence electrons. The van der Waals surface area contributed by atoms with Crippen LogP contribution in [0.1, 0.15) is 46.5 Å². The summed E-state index contributed by atoms with van der Waals surface area (Å²) in [5.74, 6) is 0.793. The number of hydrogen-bond acceptors (Lipinski definition) is 2. The molecule has 1 saturated heterocycles. The Labute approximate surface area is 85.0 Å². The van der Waals surface area contributed by atoms with Gasteiger partial charge >= 0.3 is 5.97 Å². The molecule has 0 aromatic carbocycles. The van der Waals surface area contributed by atoms with Gasteiger partial charge in [0.2, 0.25) is 0 Å². The van der Waals surface area contributed by atoms with E-state index in [9.17, 15) is 4.79 Å². The van der Waals surface area contributed by atoms with Crippen LogP contribution >= 0.6 is 0 Å². The molecule has 0 N–H and O–H groups in total. The normalized spacial score (nSPS) is 53.4. The van der Waals surface area contributed by atoms with Crippen LogP contribution in [0.3, 0.4) is 0 Å². The molecule has 3 atom stereocenters. The summed E-state index contributed by atoms with van der Waals surface area (Å²) in [6.45, 7) is 6.81. The van der Waals surface area contributed by atoms with Crippen LogP contribution in [-0.2, 0) is 9.53 Å². The highest BCUT2D eigenvalue weighted by Gasteiger charge is 2.74. The van der Waals surface area contributed by atoms with Crippen molar-refractivity contribution in [3.05, 3.63) is 0 Å². The Morgan fingerprint density at radius 1 is 1.36 bits per heavy atom. The molecule has 2 heteroatoms. The van der Waals surface area contributed by atoms with E-state index in [2.05, 4.69) is 20.8 Å². The van der Waals surface area contributed by atoms with Crippen LogP contribution in [0, 0.1) is 16.7 Å². The second-order valence-electron chi connectivity index (χ2n) is 6.13. The maximum Gasteiger partial charge on any atom is 0.307 e. The first-order valence-electron chi connectivity index (χ1n) is 5.63. The Morgan fingerprint density at radius 3 is 2.64 bits per heavy atom. The molecule has 2 bridgehead atoms. The number of fused-ring (bicyclic) bond motifs is 1. The molecule has 0 radical (unpaired) electrons. The molecule has 3 rings (SSSR count). The van der Waals surface area contributed by atoms with E-state index in [0.717, 1.165) is 12.3 Å². The Morgan fingerprint density at radius 2 is 2.07 bits per heavy atom. The van der Waals surface area contributed by atoms with Gasteiger partial charge in [0, 0.05) is 5.41 Å². The summed E-state index contributed by atoms with van der Waals surface area (Å²) in [5, 5.41) is 0. The van der Waals surface area contributed by atoms with Crippen LogP contribution in [0.4, 0.5) is 0 Å². The van der Waals surface area contributed by atoms with Gasteiger partial charge in [-0.15, -0.1) is 0 Å². The van der Waals surface area contributed by atoms with Crippen molar-refractivity contribution in [3.8, 4) is 0 Å². The first kappa shape index (κ1) is 8.75. The van der Waals surface area contributed by atoms with Gasteiger partial charge in [-0.1, -0.05) is 13.8 Å². The van der Waals surface area contributed by atoms with Crippen LogP contribution in [0.5, 0.6) is 0 Å². The van der Waals surface area contributed by atoms with E-state index in [1.807, 2.05) is 0 Å². The molecule has 1 spiro atoms. The fourth-order valence-electron chi connectivity index (χ4n) is 4.64. The van der Waals surface area contributed by atoms with Gasteiger partial charge in [0.05, 0.1) is 6.42 Å². The third-order valence-corrected chi connectivity index (χ3v) is 5.61. The van der Waals surface area contributed by atoms with Crippen molar-refractivity contribution in [2.24, 2.45) is 16.7 Å². The Bertz CT molecular complexity index is 320. The zero-order valence-electron chi connectivity index (χ0n) is 9.22. The summed E-state index contributed by atoms with van der Waals surface area (Å²) >= 11 is 0. The summed E-state index contributed by atoms with van der Waals surface area (Å²) in [4.78, 5) is 11.5. The summed E-state index contributed by atoms with van der Waals surface area (Å²) in [6.07, 6.45) is 4.23. The van der Waals surface area contributed by atoms with Gasteiger partial charge in [0.25, 0.3) is 0 Å². The smallest absolute Gasteiger partial charge is 0.307 e. The molecule has 3 aliphatic rings. The quantitative estimate of drug-likeness (QED) is 0.554. The molecule has 14 heavy (non-hydrogen) atoms. The number of esters is 1. The number of carbonyl (C=O) groups excluding carboxylic acids is 1. The summed E-state index contributed by atoms with van der Waals surface area (Å²) in [7, 11) is 0. The largest absolute Gasteiger partial charge is 0.459 e. The number of hydrogen-bond donors (Lipinski definition) is 0. The molecule has 1 aliphatic heterocycles. The fraction of sp³-hybridized carbons (Fsp3) is 0.917. The van der Waals surface area contributed by atoms with Crippen molar-refractivity contribution >= 4 is 5.97 Å². The van der Waals surface area contributed by atoms with Gasteiger partial charge in [-0.2, -0.15) is 0 Å². The van der Waals surface area contributed by atoms with Gasteiger partial charge in [-0.3, -0.25) is 4.79 Å². The predicted octanol–water partition coefficient (Wildman–Crippen LogP) is 2.52. The summed E-state index contributed by atoms with van der Waals surface area (Å²) in [5.41, 5.74) is 0.312. The third kappa shape index (κ3) is 0.636. The molecular formula is C12H18O2. The van der Waals surface area contributed by atoms with Crippen LogP contribution in [-0.4, -0.2) is 11.6 Å². The van der Waals surface area contributed by atoms with Gasteiger partial charge in [-0.25, -0.2) is 0 Å². The standard InChI is InChI=1S/C12H18O2/c1-10(2)8-4-5-12(10)7-9(13)14-11(12,3)6-8/h8H,4-7H2,1-3H3/t8-,11-,12+/m0/s1. The van der Waals surface area contributed by atoms with Crippen LogP contribution < -0.4 is 0 Å². The van der Waals surface area contributed by atoms with Gasteiger partial charge < -0.3 is 4.74 Å². The minimum absolute atomic E-state index is 0.0286. The molecule has 0 unspecified atom stereocenters. The minimum Gasteiger partial charge on any atom is -0.459 e. The highest BCUT2D eigenvalue weighted by atomic mass is 16.6. The van der Waals surface area contributed by atoms with Gasteiger partial charge in [0.15, 0.2) is 0 Å². The highest BCUT2D eigenvalue weighted by Crippen LogP contribution is 2.74. The molecule has 0 amide bonds. The van der Waals surface area contributed by atoms with Crippen molar-refractivity contribution in [1.29, 1.82) is 0 Å². The lowest BCUT2D eigenvalue weighted by atomic mass is 9.63. The Balaban J connectivity index is 2.16. The molecular weight excluding hydrogens is 176 g/mol. The van der Waals surface area contributed by atoms with E-state index < -0.39 is 0 Å². The minimum atomic E-state index is -0.142. The number of rotatable bonds is 0. The lowest BCUT2D eigenvalue weighted by Crippen LogP contribution is -2.43. The van der Waals surface area contributed by atoms with E-state index in [1.165, 1.54) is 12.8 Å².